The van der Waals surface area contributed by atoms with Gasteiger partial charge in [-0.05, 0) is 32.6 Å². The molecule has 4 nitrogen and oxygen atoms in total. The van der Waals surface area contributed by atoms with Gasteiger partial charge in [-0.25, -0.2) is 0 Å². The highest BCUT2D eigenvalue weighted by Crippen LogP contribution is 2.35. The second-order valence-electron chi connectivity index (χ2n) is 4.41. The van der Waals surface area contributed by atoms with Gasteiger partial charge >= 0.3 is 5.97 Å². The van der Waals surface area contributed by atoms with Gasteiger partial charge in [0.2, 0.25) is 0 Å². The molecule has 14 heavy (non-hydrogen) atoms. The average molecular weight is 199 g/mol. The molecule has 1 aliphatic heterocycles. The zero-order chi connectivity index (χ0) is 10.2. The molecule has 0 spiro atoms. The van der Waals surface area contributed by atoms with E-state index in [0.29, 0.717) is 12.6 Å². The van der Waals surface area contributed by atoms with Crippen molar-refractivity contribution in [1.29, 1.82) is 0 Å². The minimum Gasteiger partial charge on any atom is -0.480 e. The van der Waals surface area contributed by atoms with Crippen molar-refractivity contribution >= 4 is 5.97 Å². The van der Waals surface area contributed by atoms with Crippen LogP contribution < -0.4 is 5.32 Å². The van der Waals surface area contributed by atoms with Gasteiger partial charge in [0, 0.05) is 6.54 Å². The molecular weight excluding hydrogens is 182 g/mol. The van der Waals surface area contributed by atoms with E-state index < -0.39 is 11.5 Å². The van der Waals surface area contributed by atoms with Gasteiger partial charge in [-0.15, -0.1) is 0 Å². The van der Waals surface area contributed by atoms with E-state index in [4.69, 9.17) is 9.84 Å². The lowest BCUT2D eigenvalue weighted by atomic mass is 10.2. The Balaban J connectivity index is 1.75. The van der Waals surface area contributed by atoms with Crippen molar-refractivity contribution in [3.63, 3.8) is 0 Å². The van der Waals surface area contributed by atoms with Gasteiger partial charge < -0.3 is 9.84 Å². The molecule has 4 heteroatoms. The Kier molecular flexibility index (Phi) is 2.49. The maximum Gasteiger partial charge on any atom is 0.323 e. The van der Waals surface area contributed by atoms with E-state index in [9.17, 15) is 4.79 Å². The predicted octanol–water partition coefficient (Wildman–Crippen LogP) is 0.761. The first-order valence-corrected chi connectivity index (χ1v) is 5.26. The fourth-order valence-corrected chi connectivity index (χ4v) is 1.94. The first-order valence-electron chi connectivity index (χ1n) is 5.26. The number of carbonyl (C=O) groups is 1. The second-order valence-corrected chi connectivity index (χ2v) is 4.41. The monoisotopic (exact) mass is 199 g/mol. The summed E-state index contributed by atoms with van der Waals surface area (Å²) in [5.41, 5.74) is -0.616. The molecule has 1 saturated carbocycles. The van der Waals surface area contributed by atoms with Gasteiger partial charge in [0.1, 0.15) is 5.54 Å². The first kappa shape index (κ1) is 9.93. The quantitative estimate of drug-likeness (QED) is 0.702. The fraction of sp³-hybridized carbons (Fsp3) is 0.900. The smallest absolute Gasteiger partial charge is 0.323 e. The van der Waals surface area contributed by atoms with E-state index in [1.54, 1.807) is 0 Å². The summed E-state index contributed by atoms with van der Waals surface area (Å²) >= 11 is 0. The van der Waals surface area contributed by atoms with E-state index in [2.05, 4.69) is 12.2 Å². The maximum atomic E-state index is 10.8. The Morgan fingerprint density at radius 3 is 2.71 bits per heavy atom. The lowest BCUT2D eigenvalue weighted by molar-refractivity contribution is -0.140. The molecule has 0 bridgehead atoms. The standard InChI is InChI=1S/C10H17NO3/c1-7-2-3-8(14-7)6-11-10(4-5-10)9(12)13/h7-8,11H,2-6H2,1H3,(H,12,13). The summed E-state index contributed by atoms with van der Waals surface area (Å²) in [6, 6.07) is 0. The molecular formula is C10H17NO3. The molecule has 1 aliphatic carbocycles. The highest BCUT2D eigenvalue weighted by atomic mass is 16.5. The topological polar surface area (TPSA) is 58.6 Å². The molecule has 1 saturated heterocycles. The van der Waals surface area contributed by atoms with Crippen LogP contribution in [0.4, 0.5) is 0 Å². The molecule has 0 amide bonds. The summed E-state index contributed by atoms with van der Waals surface area (Å²) in [5, 5.41) is 12.0. The van der Waals surface area contributed by atoms with Gasteiger partial charge in [-0.3, -0.25) is 10.1 Å². The summed E-state index contributed by atoms with van der Waals surface area (Å²) < 4.78 is 5.61. The SMILES string of the molecule is CC1CCC(CNC2(C(=O)O)CC2)O1. The fourth-order valence-electron chi connectivity index (χ4n) is 1.94. The van der Waals surface area contributed by atoms with Gasteiger partial charge in [-0.2, -0.15) is 0 Å². The highest BCUT2D eigenvalue weighted by molar-refractivity contribution is 5.82. The van der Waals surface area contributed by atoms with E-state index in [1.165, 1.54) is 0 Å². The van der Waals surface area contributed by atoms with Crippen LogP contribution in [0.25, 0.3) is 0 Å². The maximum absolute atomic E-state index is 10.8. The Hall–Kier alpha value is -0.610. The van der Waals surface area contributed by atoms with Crippen LogP contribution in [0.3, 0.4) is 0 Å². The molecule has 2 rings (SSSR count). The van der Waals surface area contributed by atoms with E-state index in [1.807, 2.05) is 0 Å². The molecule has 2 aliphatic rings. The van der Waals surface area contributed by atoms with Crippen molar-refractivity contribution < 1.29 is 14.6 Å². The number of carboxylic acids is 1. The van der Waals surface area contributed by atoms with E-state index in [0.717, 1.165) is 25.7 Å². The molecule has 80 valence electrons. The molecule has 2 fully saturated rings. The van der Waals surface area contributed by atoms with Crippen LogP contribution in [0.1, 0.15) is 32.6 Å². The Labute approximate surface area is 83.6 Å². The van der Waals surface area contributed by atoms with Crippen LogP contribution in [0.2, 0.25) is 0 Å². The van der Waals surface area contributed by atoms with Crippen molar-refractivity contribution in [1.82, 2.24) is 5.32 Å². The number of hydrogen-bond donors (Lipinski definition) is 2. The van der Waals surface area contributed by atoms with Crippen molar-refractivity contribution in [3.8, 4) is 0 Å². The normalized spacial score (nSPS) is 34.4. The Bertz CT molecular complexity index is 238. The average Bonchev–Trinajstić information content (AvgIpc) is 2.82. The number of ether oxygens (including phenoxy) is 1. The van der Waals surface area contributed by atoms with Crippen LogP contribution in [0.15, 0.2) is 0 Å². The number of aliphatic carboxylic acids is 1. The Morgan fingerprint density at radius 1 is 1.57 bits per heavy atom. The van der Waals surface area contributed by atoms with Gasteiger partial charge in [0.15, 0.2) is 0 Å². The summed E-state index contributed by atoms with van der Waals surface area (Å²) in [6.45, 7) is 2.74. The van der Waals surface area contributed by atoms with E-state index >= 15 is 0 Å². The molecule has 2 atom stereocenters. The minimum atomic E-state index is -0.719. The van der Waals surface area contributed by atoms with Crippen LogP contribution in [-0.4, -0.2) is 35.4 Å². The third-order valence-corrected chi connectivity index (χ3v) is 3.15. The molecule has 1 heterocycles. The number of carboxylic acid groups (broad SMARTS) is 1. The molecule has 0 radical (unpaired) electrons. The Morgan fingerprint density at radius 2 is 2.29 bits per heavy atom. The zero-order valence-electron chi connectivity index (χ0n) is 8.45. The summed E-state index contributed by atoms with van der Waals surface area (Å²) in [7, 11) is 0. The van der Waals surface area contributed by atoms with Crippen molar-refractivity contribution in [2.24, 2.45) is 0 Å². The molecule has 2 unspecified atom stereocenters. The summed E-state index contributed by atoms with van der Waals surface area (Å²) in [6.07, 6.45) is 4.19. The third-order valence-electron chi connectivity index (χ3n) is 3.15. The zero-order valence-corrected chi connectivity index (χ0v) is 8.45. The summed E-state index contributed by atoms with van der Waals surface area (Å²) in [4.78, 5) is 10.8. The van der Waals surface area contributed by atoms with Crippen LogP contribution >= 0.6 is 0 Å². The lowest BCUT2D eigenvalue weighted by Gasteiger charge is -2.16. The van der Waals surface area contributed by atoms with E-state index in [-0.39, 0.29) is 6.10 Å². The molecule has 2 N–H and O–H groups in total. The van der Waals surface area contributed by atoms with Gasteiger partial charge in [0.25, 0.3) is 0 Å². The molecule has 0 aromatic heterocycles. The van der Waals surface area contributed by atoms with Crippen LogP contribution in [0.5, 0.6) is 0 Å². The van der Waals surface area contributed by atoms with Gasteiger partial charge in [-0.1, -0.05) is 0 Å². The predicted molar refractivity (Wildman–Crippen MR) is 51.2 cm³/mol. The largest absolute Gasteiger partial charge is 0.480 e. The van der Waals surface area contributed by atoms with Gasteiger partial charge in [0.05, 0.1) is 12.2 Å². The molecule has 0 aromatic carbocycles. The first-order chi connectivity index (χ1) is 6.62. The third kappa shape index (κ3) is 1.91. The number of nitrogens with one attached hydrogen (secondary N) is 1. The van der Waals surface area contributed by atoms with Crippen LogP contribution in [0, 0.1) is 0 Å². The lowest BCUT2D eigenvalue weighted by Crippen LogP contribution is -2.43. The van der Waals surface area contributed by atoms with Crippen LogP contribution in [-0.2, 0) is 9.53 Å². The number of hydrogen-bond acceptors (Lipinski definition) is 3. The van der Waals surface area contributed by atoms with Crippen molar-refractivity contribution in [2.45, 2.75) is 50.4 Å². The minimum absolute atomic E-state index is 0.210. The second kappa shape index (κ2) is 3.51. The highest BCUT2D eigenvalue weighted by Gasteiger charge is 2.50. The summed E-state index contributed by atoms with van der Waals surface area (Å²) in [5.74, 6) is -0.719. The molecule has 0 aromatic rings. The van der Waals surface area contributed by atoms with Crippen molar-refractivity contribution in [3.05, 3.63) is 0 Å². The number of rotatable bonds is 4. The van der Waals surface area contributed by atoms with Crippen molar-refractivity contribution in [2.75, 3.05) is 6.54 Å².